The molecule has 0 fully saturated rings. The fraction of sp³-hybridized carbons (Fsp3) is 0.200. The zero-order valence-corrected chi connectivity index (χ0v) is 20.2. The summed E-state index contributed by atoms with van der Waals surface area (Å²) in [4.78, 5) is 25.8. The zero-order chi connectivity index (χ0) is 24.5. The lowest BCUT2D eigenvalue weighted by atomic mass is 10.2. The van der Waals surface area contributed by atoms with E-state index in [0.29, 0.717) is 39.9 Å². The first-order valence-corrected chi connectivity index (χ1v) is 11.2. The minimum absolute atomic E-state index is 0.161. The molecule has 0 spiro atoms. The van der Waals surface area contributed by atoms with Crippen LogP contribution in [-0.4, -0.2) is 46.0 Å². The van der Waals surface area contributed by atoms with E-state index in [1.165, 1.54) is 26.0 Å². The summed E-state index contributed by atoms with van der Waals surface area (Å²) in [6.45, 7) is 0. The lowest BCUT2D eigenvalue weighted by Crippen LogP contribution is -2.14. The fourth-order valence-corrected chi connectivity index (χ4v) is 3.74. The number of carbonyl (C=O) groups is 2. The Morgan fingerprint density at radius 1 is 0.706 bits per heavy atom. The molecule has 0 aliphatic rings. The van der Waals surface area contributed by atoms with E-state index in [1.54, 1.807) is 62.8 Å². The number of amides is 2. The van der Waals surface area contributed by atoms with Crippen molar-refractivity contribution in [3.05, 3.63) is 66.2 Å². The van der Waals surface area contributed by atoms with Gasteiger partial charge in [-0.15, -0.1) is 11.8 Å². The molecular formula is C25H26N2O6S. The lowest BCUT2D eigenvalue weighted by Gasteiger charge is -2.11. The van der Waals surface area contributed by atoms with Crippen LogP contribution in [0.4, 0.5) is 11.4 Å². The SMILES string of the molecule is COc1cc(NC(=O)CSc2ccc(NC(=O)c3ccc(OC)c(OC)c3)cc2)cc(OC)c1. The van der Waals surface area contributed by atoms with Crippen molar-refractivity contribution in [3.63, 3.8) is 0 Å². The first kappa shape index (κ1) is 24.8. The van der Waals surface area contributed by atoms with Crippen molar-refractivity contribution in [2.24, 2.45) is 0 Å². The third-order valence-corrected chi connectivity index (χ3v) is 5.78. The van der Waals surface area contributed by atoms with Gasteiger partial charge in [0.15, 0.2) is 11.5 Å². The van der Waals surface area contributed by atoms with Gasteiger partial charge in [-0.3, -0.25) is 9.59 Å². The molecule has 0 saturated carbocycles. The smallest absolute Gasteiger partial charge is 0.255 e. The maximum Gasteiger partial charge on any atom is 0.255 e. The number of carbonyl (C=O) groups excluding carboxylic acids is 2. The Morgan fingerprint density at radius 2 is 1.35 bits per heavy atom. The van der Waals surface area contributed by atoms with E-state index >= 15 is 0 Å². The van der Waals surface area contributed by atoms with E-state index < -0.39 is 0 Å². The molecule has 2 N–H and O–H groups in total. The maximum atomic E-state index is 12.6. The molecule has 8 nitrogen and oxygen atoms in total. The highest BCUT2D eigenvalue weighted by molar-refractivity contribution is 8.00. The van der Waals surface area contributed by atoms with Crippen LogP contribution >= 0.6 is 11.8 Å². The van der Waals surface area contributed by atoms with Crippen LogP contribution in [0.5, 0.6) is 23.0 Å². The Bertz CT molecular complexity index is 1130. The van der Waals surface area contributed by atoms with Gasteiger partial charge < -0.3 is 29.6 Å². The fourth-order valence-electron chi connectivity index (χ4n) is 3.04. The normalized spacial score (nSPS) is 10.2. The number of nitrogens with one attached hydrogen (secondary N) is 2. The first-order chi connectivity index (χ1) is 16.4. The standard InChI is InChI=1S/C25H26N2O6S/c1-30-19-12-18(13-20(14-19)31-2)26-24(28)15-34-21-8-6-17(7-9-21)27-25(29)16-5-10-22(32-3)23(11-16)33-4/h5-14H,15H2,1-4H3,(H,26,28)(H,27,29). The minimum atomic E-state index is -0.269. The summed E-state index contributed by atoms with van der Waals surface area (Å²) in [7, 11) is 6.16. The molecule has 3 aromatic carbocycles. The van der Waals surface area contributed by atoms with Crippen LogP contribution in [0.1, 0.15) is 10.4 Å². The number of ether oxygens (including phenoxy) is 4. The molecule has 2 amide bonds. The monoisotopic (exact) mass is 482 g/mol. The van der Waals surface area contributed by atoms with Crippen molar-refractivity contribution in [1.29, 1.82) is 0 Å². The molecule has 34 heavy (non-hydrogen) atoms. The van der Waals surface area contributed by atoms with Crippen LogP contribution in [0.15, 0.2) is 65.6 Å². The van der Waals surface area contributed by atoms with Gasteiger partial charge in [0.05, 0.1) is 34.2 Å². The van der Waals surface area contributed by atoms with Crippen LogP contribution in [-0.2, 0) is 4.79 Å². The third-order valence-electron chi connectivity index (χ3n) is 4.76. The second-order valence-electron chi connectivity index (χ2n) is 6.99. The summed E-state index contributed by atoms with van der Waals surface area (Å²) >= 11 is 1.38. The summed E-state index contributed by atoms with van der Waals surface area (Å²) in [6, 6.07) is 17.4. The Balaban J connectivity index is 1.55. The van der Waals surface area contributed by atoms with Gasteiger partial charge >= 0.3 is 0 Å². The number of hydrogen-bond donors (Lipinski definition) is 2. The molecule has 0 aromatic heterocycles. The number of benzene rings is 3. The molecule has 178 valence electrons. The number of thioether (sulfide) groups is 1. The average molecular weight is 483 g/mol. The molecule has 0 unspecified atom stereocenters. The highest BCUT2D eigenvalue weighted by Crippen LogP contribution is 2.29. The summed E-state index contributed by atoms with van der Waals surface area (Å²) < 4.78 is 20.9. The number of rotatable bonds is 10. The van der Waals surface area contributed by atoms with Crippen LogP contribution in [0, 0.1) is 0 Å². The number of hydrogen-bond acceptors (Lipinski definition) is 7. The highest BCUT2D eigenvalue weighted by Gasteiger charge is 2.12. The van der Waals surface area contributed by atoms with Crippen LogP contribution < -0.4 is 29.6 Å². The van der Waals surface area contributed by atoms with Gasteiger partial charge in [-0.1, -0.05) is 0 Å². The zero-order valence-electron chi connectivity index (χ0n) is 19.3. The molecule has 0 heterocycles. The lowest BCUT2D eigenvalue weighted by molar-refractivity contribution is -0.113. The summed E-state index contributed by atoms with van der Waals surface area (Å²) in [6.07, 6.45) is 0. The van der Waals surface area contributed by atoms with Gasteiger partial charge in [0, 0.05) is 40.0 Å². The molecular weight excluding hydrogens is 456 g/mol. The number of methoxy groups -OCH3 is 4. The molecule has 0 saturated heterocycles. The van der Waals surface area contributed by atoms with E-state index in [9.17, 15) is 9.59 Å². The third kappa shape index (κ3) is 6.58. The minimum Gasteiger partial charge on any atom is -0.497 e. The summed E-state index contributed by atoms with van der Waals surface area (Å²) in [5, 5.41) is 5.68. The van der Waals surface area contributed by atoms with Gasteiger partial charge in [-0.25, -0.2) is 0 Å². The largest absolute Gasteiger partial charge is 0.497 e. The topological polar surface area (TPSA) is 95.1 Å². The Hall–Kier alpha value is -3.85. The van der Waals surface area contributed by atoms with Gasteiger partial charge in [-0.05, 0) is 42.5 Å². The second kappa shape index (κ2) is 11.9. The van der Waals surface area contributed by atoms with Crippen molar-refractivity contribution in [1.82, 2.24) is 0 Å². The molecule has 3 rings (SSSR count). The molecule has 0 bridgehead atoms. The second-order valence-corrected chi connectivity index (χ2v) is 8.04. The Morgan fingerprint density at radius 3 is 1.94 bits per heavy atom. The van der Waals surface area contributed by atoms with Gasteiger partial charge in [0.1, 0.15) is 11.5 Å². The Kier molecular flexibility index (Phi) is 8.64. The van der Waals surface area contributed by atoms with Crippen molar-refractivity contribution in [2.75, 3.05) is 44.8 Å². The summed E-state index contributed by atoms with van der Waals surface area (Å²) in [5.74, 6) is 2.00. The van der Waals surface area contributed by atoms with Crippen LogP contribution in [0.3, 0.4) is 0 Å². The van der Waals surface area contributed by atoms with Crippen molar-refractivity contribution < 1.29 is 28.5 Å². The van der Waals surface area contributed by atoms with Crippen molar-refractivity contribution >= 4 is 35.0 Å². The quantitative estimate of drug-likeness (QED) is 0.404. The van der Waals surface area contributed by atoms with E-state index in [0.717, 1.165) is 4.90 Å². The van der Waals surface area contributed by atoms with Gasteiger partial charge in [0.25, 0.3) is 5.91 Å². The van der Waals surface area contributed by atoms with Crippen LogP contribution in [0.2, 0.25) is 0 Å². The number of anilines is 2. The van der Waals surface area contributed by atoms with Gasteiger partial charge in [-0.2, -0.15) is 0 Å². The molecule has 9 heteroatoms. The van der Waals surface area contributed by atoms with E-state index in [1.807, 2.05) is 12.1 Å². The summed E-state index contributed by atoms with van der Waals surface area (Å²) in [5.41, 5.74) is 1.68. The predicted octanol–water partition coefficient (Wildman–Crippen LogP) is 4.70. The predicted molar refractivity (Wildman–Crippen MR) is 133 cm³/mol. The average Bonchev–Trinajstić information content (AvgIpc) is 2.87. The van der Waals surface area contributed by atoms with Crippen molar-refractivity contribution in [2.45, 2.75) is 4.90 Å². The molecule has 0 aliphatic heterocycles. The Labute approximate surface area is 202 Å². The highest BCUT2D eigenvalue weighted by atomic mass is 32.2. The van der Waals surface area contributed by atoms with Crippen molar-refractivity contribution in [3.8, 4) is 23.0 Å². The molecule has 0 aliphatic carbocycles. The van der Waals surface area contributed by atoms with Gasteiger partial charge in [0.2, 0.25) is 5.91 Å². The first-order valence-electron chi connectivity index (χ1n) is 10.2. The molecule has 0 atom stereocenters. The van der Waals surface area contributed by atoms with E-state index in [2.05, 4.69) is 10.6 Å². The maximum absolute atomic E-state index is 12.6. The van der Waals surface area contributed by atoms with Crippen LogP contribution in [0.25, 0.3) is 0 Å². The van der Waals surface area contributed by atoms with E-state index in [4.69, 9.17) is 18.9 Å². The molecule has 0 radical (unpaired) electrons. The van der Waals surface area contributed by atoms with E-state index in [-0.39, 0.29) is 17.6 Å². The molecule has 3 aromatic rings.